The van der Waals surface area contributed by atoms with Crippen molar-refractivity contribution < 1.29 is 18.6 Å². The van der Waals surface area contributed by atoms with Gasteiger partial charge in [-0.2, -0.15) is 0 Å². The molecule has 0 aromatic heterocycles. The molecule has 0 saturated heterocycles. The molecule has 0 bridgehead atoms. The number of halogens is 1. The molecule has 2 atom stereocenters. The van der Waals surface area contributed by atoms with Crippen molar-refractivity contribution in [3.63, 3.8) is 0 Å². The van der Waals surface area contributed by atoms with E-state index in [2.05, 4.69) is 0 Å². The van der Waals surface area contributed by atoms with Crippen LogP contribution in [0.4, 0.5) is 4.39 Å². The van der Waals surface area contributed by atoms with Crippen LogP contribution in [0.15, 0.2) is 24.3 Å². The monoisotopic (exact) mass is 271 g/mol. The molecule has 1 aromatic rings. The smallest absolute Gasteiger partial charge is 0.129 e. The lowest BCUT2D eigenvalue weighted by atomic mass is 10.0. The van der Waals surface area contributed by atoms with Crippen molar-refractivity contribution in [1.82, 2.24) is 0 Å². The predicted molar refractivity (Wildman–Crippen MR) is 71.4 cm³/mol. The first-order valence-corrected chi connectivity index (χ1v) is 6.35. The summed E-state index contributed by atoms with van der Waals surface area (Å²) in [6.07, 6.45) is -0.466. The van der Waals surface area contributed by atoms with Gasteiger partial charge in [0.1, 0.15) is 11.9 Å². The van der Waals surface area contributed by atoms with Gasteiger partial charge in [-0.25, -0.2) is 4.39 Å². The molecule has 0 aliphatic heterocycles. The zero-order valence-electron chi connectivity index (χ0n) is 11.5. The van der Waals surface area contributed by atoms with E-state index in [0.717, 1.165) is 0 Å². The van der Waals surface area contributed by atoms with Crippen LogP contribution >= 0.6 is 0 Å². The quantitative estimate of drug-likeness (QED) is 0.697. The summed E-state index contributed by atoms with van der Waals surface area (Å²) >= 11 is 0. The van der Waals surface area contributed by atoms with E-state index in [1.165, 1.54) is 6.07 Å². The molecule has 0 saturated carbocycles. The molecule has 19 heavy (non-hydrogen) atoms. The van der Waals surface area contributed by atoms with Gasteiger partial charge in [0.15, 0.2) is 0 Å². The highest BCUT2D eigenvalue weighted by molar-refractivity contribution is 5.21. The van der Waals surface area contributed by atoms with E-state index in [0.29, 0.717) is 32.0 Å². The summed E-state index contributed by atoms with van der Waals surface area (Å²) in [5.41, 5.74) is 6.33. The molecule has 0 fully saturated rings. The summed E-state index contributed by atoms with van der Waals surface area (Å²) in [6, 6.07) is 6.21. The summed E-state index contributed by atoms with van der Waals surface area (Å²) in [5.74, 6) is -0.301. The maximum Gasteiger partial charge on any atom is 0.129 e. The van der Waals surface area contributed by atoms with Crippen molar-refractivity contribution >= 4 is 0 Å². The Morgan fingerprint density at radius 3 is 2.47 bits per heavy atom. The Morgan fingerprint density at radius 2 is 1.84 bits per heavy atom. The first-order chi connectivity index (χ1) is 9.16. The summed E-state index contributed by atoms with van der Waals surface area (Å²) in [6.45, 7) is 3.65. The summed E-state index contributed by atoms with van der Waals surface area (Å²) in [5, 5.41) is 0. The number of benzene rings is 1. The SMILES string of the molecule is COCCOCCOC(c1ccccc1F)C(C)N. The van der Waals surface area contributed by atoms with Crippen LogP contribution < -0.4 is 5.73 Å². The number of methoxy groups -OCH3 is 1. The fourth-order valence-corrected chi connectivity index (χ4v) is 1.71. The highest BCUT2D eigenvalue weighted by atomic mass is 19.1. The molecular weight excluding hydrogens is 249 g/mol. The fraction of sp³-hybridized carbons (Fsp3) is 0.571. The molecular formula is C14H22FNO3. The van der Waals surface area contributed by atoms with Gasteiger partial charge in [0.2, 0.25) is 0 Å². The molecule has 1 rings (SSSR count). The second kappa shape index (κ2) is 8.98. The Kier molecular flexibility index (Phi) is 7.59. The van der Waals surface area contributed by atoms with Gasteiger partial charge in [-0.15, -0.1) is 0 Å². The van der Waals surface area contributed by atoms with E-state index >= 15 is 0 Å². The van der Waals surface area contributed by atoms with Gasteiger partial charge >= 0.3 is 0 Å². The molecule has 0 spiro atoms. The average Bonchev–Trinajstić information content (AvgIpc) is 2.39. The third-order valence-corrected chi connectivity index (χ3v) is 2.65. The van der Waals surface area contributed by atoms with E-state index in [1.807, 2.05) is 0 Å². The highest BCUT2D eigenvalue weighted by Gasteiger charge is 2.19. The third-order valence-electron chi connectivity index (χ3n) is 2.65. The van der Waals surface area contributed by atoms with Crippen LogP contribution in [0.25, 0.3) is 0 Å². The Balaban J connectivity index is 2.44. The number of ether oxygens (including phenoxy) is 3. The second-order valence-electron chi connectivity index (χ2n) is 4.28. The van der Waals surface area contributed by atoms with Gasteiger partial charge in [0.25, 0.3) is 0 Å². The van der Waals surface area contributed by atoms with E-state index in [9.17, 15) is 4.39 Å². The van der Waals surface area contributed by atoms with Gasteiger partial charge in [0.05, 0.1) is 26.4 Å². The highest BCUT2D eigenvalue weighted by Crippen LogP contribution is 2.22. The topological polar surface area (TPSA) is 53.7 Å². The minimum absolute atomic E-state index is 0.295. The molecule has 0 aliphatic carbocycles. The molecule has 5 heteroatoms. The van der Waals surface area contributed by atoms with Crippen LogP contribution in [-0.2, 0) is 14.2 Å². The van der Waals surface area contributed by atoms with Crippen molar-refractivity contribution in [2.75, 3.05) is 33.5 Å². The van der Waals surface area contributed by atoms with E-state index in [1.54, 1.807) is 32.2 Å². The fourth-order valence-electron chi connectivity index (χ4n) is 1.71. The Labute approximate surface area is 113 Å². The maximum atomic E-state index is 13.7. The van der Waals surface area contributed by atoms with Crippen molar-refractivity contribution in [3.05, 3.63) is 35.6 Å². The standard InChI is InChI=1S/C14H22FNO3/c1-11(16)14(12-5-3-4-6-13(12)15)19-10-9-18-8-7-17-2/h3-6,11,14H,7-10,16H2,1-2H3. The molecule has 108 valence electrons. The number of rotatable bonds is 9. The Morgan fingerprint density at radius 1 is 1.16 bits per heavy atom. The molecule has 2 unspecified atom stereocenters. The van der Waals surface area contributed by atoms with Crippen molar-refractivity contribution in [2.24, 2.45) is 5.73 Å². The summed E-state index contributed by atoms with van der Waals surface area (Å²) in [7, 11) is 1.62. The molecule has 4 nitrogen and oxygen atoms in total. The van der Waals surface area contributed by atoms with Gasteiger partial charge in [-0.05, 0) is 13.0 Å². The van der Waals surface area contributed by atoms with Crippen molar-refractivity contribution in [3.8, 4) is 0 Å². The van der Waals surface area contributed by atoms with E-state index in [4.69, 9.17) is 19.9 Å². The van der Waals surface area contributed by atoms with Gasteiger partial charge in [-0.3, -0.25) is 0 Å². The van der Waals surface area contributed by atoms with Crippen LogP contribution in [0, 0.1) is 5.82 Å². The van der Waals surface area contributed by atoms with E-state index < -0.39 is 6.10 Å². The first-order valence-electron chi connectivity index (χ1n) is 6.35. The number of nitrogens with two attached hydrogens (primary N) is 1. The van der Waals surface area contributed by atoms with Gasteiger partial charge < -0.3 is 19.9 Å². The third kappa shape index (κ3) is 5.65. The normalized spacial score (nSPS) is 14.3. The Hall–Kier alpha value is -1.01. The van der Waals surface area contributed by atoms with Gasteiger partial charge in [0, 0.05) is 18.7 Å². The predicted octanol–water partition coefficient (Wildman–Crippen LogP) is 1.89. The summed E-state index contributed by atoms with van der Waals surface area (Å²) in [4.78, 5) is 0. The van der Waals surface area contributed by atoms with Crippen LogP contribution in [-0.4, -0.2) is 39.6 Å². The van der Waals surface area contributed by atoms with Crippen LogP contribution in [0.3, 0.4) is 0 Å². The Bertz CT molecular complexity index is 360. The lowest BCUT2D eigenvalue weighted by molar-refractivity contribution is -0.0153. The minimum Gasteiger partial charge on any atom is -0.382 e. The zero-order valence-corrected chi connectivity index (χ0v) is 11.5. The minimum atomic E-state index is -0.466. The molecule has 2 N–H and O–H groups in total. The van der Waals surface area contributed by atoms with E-state index in [-0.39, 0.29) is 11.9 Å². The largest absolute Gasteiger partial charge is 0.382 e. The van der Waals surface area contributed by atoms with Gasteiger partial charge in [-0.1, -0.05) is 18.2 Å². The zero-order chi connectivity index (χ0) is 14.1. The maximum absolute atomic E-state index is 13.7. The van der Waals surface area contributed by atoms with Crippen molar-refractivity contribution in [2.45, 2.75) is 19.1 Å². The number of hydrogen-bond donors (Lipinski definition) is 1. The van der Waals surface area contributed by atoms with Crippen LogP contribution in [0.2, 0.25) is 0 Å². The van der Waals surface area contributed by atoms with Crippen LogP contribution in [0.1, 0.15) is 18.6 Å². The number of hydrogen-bond acceptors (Lipinski definition) is 4. The second-order valence-corrected chi connectivity index (χ2v) is 4.28. The molecule has 1 aromatic carbocycles. The van der Waals surface area contributed by atoms with Crippen LogP contribution in [0.5, 0.6) is 0 Å². The lowest BCUT2D eigenvalue weighted by Gasteiger charge is -2.22. The average molecular weight is 271 g/mol. The molecule has 0 radical (unpaired) electrons. The van der Waals surface area contributed by atoms with Crippen molar-refractivity contribution in [1.29, 1.82) is 0 Å². The molecule has 0 heterocycles. The molecule has 0 amide bonds. The first kappa shape index (κ1) is 16.0. The lowest BCUT2D eigenvalue weighted by Crippen LogP contribution is -2.28. The molecule has 0 aliphatic rings. The summed E-state index contributed by atoms with van der Waals surface area (Å²) < 4.78 is 29.5.